The maximum absolute atomic E-state index is 8.26. The first-order chi connectivity index (χ1) is 4.33. The summed E-state index contributed by atoms with van der Waals surface area (Å²) in [7, 11) is 0. The van der Waals surface area contributed by atoms with Crippen molar-refractivity contribution in [2.24, 2.45) is 0 Å². The van der Waals surface area contributed by atoms with Crippen molar-refractivity contribution in [1.82, 2.24) is 15.0 Å². The van der Waals surface area contributed by atoms with Crippen molar-refractivity contribution in [3.63, 3.8) is 0 Å². The maximum Gasteiger partial charge on any atom is 0.250 e. The van der Waals surface area contributed by atoms with Crippen molar-refractivity contribution in [3.8, 4) is 0 Å². The Hall–Kier alpha value is -1.23. The summed E-state index contributed by atoms with van der Waals surface area (Å²) in [6.45, 7) is 1.71. The van der Waals surface area contributed by atoms with Crippen LogP contribution in [0.25, 0.3) is 0 Å². The summed E-state index contributed by atoms with van der Waals surface area (Å²) in [5, 5.41) is 8.26. The van der Waals surface area contributed by atoms with Crippen LogP contribution in [0.5, 0.6) is 0 Å². The van der Waals surface area contributed by atoms with E-state index in [-0.39, 0.29) is 5.95 Å². The Labute approximate surface area is 51.8 Å². The van der Waals surface area contributed by atoms with E-state index in [1.807, 2.05) is 0 Å². The molecule has 9 heavy (non-hydrogen) atoms. The number of aryl methyl sites for hydroxylation is 1. The second kappa shape index (κ2) is 2.36. The van der Waals surface area contributed by atoms with Crippen molar-refractivity contribution < 1.29 is 5.21 Å². The molecule has 0 unspecified atom stereocenters. The molecular weight excluding hydrogens is 120 g/mol. The number of anilines is 1. The first-order valence-corrected chi connectivity index (χ1v) is 2.38. The van der Waals surface area contributed by atoms with Crippen LogP contribution in [0.4, 0.5) is 5.95 Å². The smallest absolute Gasteiger partial charge is 0.250 e. The monoisotopic (exact) mass is 126 g/mol. The van der Waals surface area contributed by atoms with Gasteiger partial charge in [-0.2, -0.15) is 9.97 Å². The Morgan fingerprint density at radius 3 is 2.78 bits per heavy atom. The molecule has 0 saturated carbocycles. The minimum absolute atomic E-state index is 0.169. The lowest BCUT2D eigenvalue weighted by Gasteiger charge is -1.93. The fourth-order valence-corrected chi connectivity index (χ4v) is 0.432. The van der Waals surface area contributed by atoms with Gasteiger partial charge in [0.05, 0.1) is 0 Å². The summed E-state index contributed by atoms with van der Waals surface area (Å²) >= 11 is 0. The molecule has 1 heterocycles. The fourth-order valence-electron chi connectivity index (χ4n) is 0.432. The van der Waals surface area contributed by atoms with E-state index in [2.05, 4.69) is 15.0 Å². The first-order valence-electron chi connectivity index (χ1n) is 2.38. The van der Waals surface area contributed by atoms with E-state index < -0.39 is 0 Å². The predicted molar refractivity (Wildman–Crippen MR) is 30.0 cm³/mol. The summed E-state index contributed by atoms with van der Waals surface area (Å²) in [5.41, 5.74) is 1.81. The quantitative estimate of drug-likeness (QED) is 0.517. The molecule has 2 N–H and O–H groups in total. The van der Waals surface area contributed by atoms with E-state index in [0.717, 1.165) is 0 Å². The molecule has 5 heteroatoms. The lowest BCUT2D eigenvalue weighted by Crippen LogP contribution is -1.98. The van der Waals surface area contributed by atoms with Gasteiger partial charge in [-0.1, -0.05) is 0 Å². The summed E-state index contributed by atoms with van der Waals surface area (Å²) in [5.74, 6) is 0.740. The molecule has 0 fully saturated rings. The highest BCUT2D eigenvalue weighted by molar-refractivity contribution is 5.16. The minimum Gasteiger partial charge on any atom is -0.288 e. The minimum atomic E-state index is 0.169. The van der Waals surface area contributed by atoms with Crippen molar-refractivity contribution >= 4 is 5.95 Å². The maximum atomic E-state index is 8.26. The second-order valence-electron chi connectivity index (χ2n) is 1.47. The lowest BCUT2D eigenvalue weighted by atomic mass is 10.7. The van der Waals surface area contributed by atoms with Crippen LogP contribution in [-0.4, -0.2) is 20.2 Å². The summed E-state index contributed by atoms with van der Waals surface area (Å²) in [6.07, 6.45) is 1.32. The molecule has 0 bridgehead atoms. The Morgan fingerprint density at radius 2 is 2.33 bits per heavy atom. The molecule has 0 radical (unpaired) electrons. The number of hydrogen-bond donors (Lipinski definition) is 2. The highest BCUT2D eigenvalue weighted by Gasteiger charge is 1.90. The van der Waals surface area contributed by atoms with Gasteiger partial charge in [-0.15, -0.1) is 0 Å². The molecule has 0 spiro atoms. The van der Waals surface area contributed by atoms with Crippen molar-refractivity contribution in [3.05, 3.63) is 12.2 Å². The van der Waals surface area contributed by atoms with Gasteiger partial charge in [0.15, 0.2) is 0 Å². The Balaban J connectivity index is 2.94. The van der Waals surface area contributed by atoms with E-state index in [9.17, 15) is 0 Å². The Kier molecular flexibility index (Phi) is 1.55. The zero-order valence-corrected chi connectivity index (χ0v) is 4.87. The third-order valence-electron chi connectivity index (χ3n) is 0.792. The van der Waals surface area contributed by atoms with E-state index in [1.54, 1.807) is 12.4 Å². The molecule has 5 nitrogen and oxygen atoms in total. The molecule has 48 valence electrons. The third-order valence-corrected chi connectivity index (χ3v) is 0.792. The SMILES string of the molecule is Cc1ncnc(NO)n1. The predicted octanol–water partition coefficient (Wildman–Crippen LogP) is -0.0189. The third kappa shape index (κ3) is 1.33. The molecule has 0 aromatic carbocycles. The van der Waals surface area contributed by atoms with Crippen molar-refractivity contribution in [1.29, 1.82) is 0 Å². The number of nitrogens with zero attached hydrogens (tertiary/aromatic N) is 3. The van der Waals surface area contributed by atoms with Crippen molar-refractivity contribution in [2.45, 2.75) is 6.92 Å². The molecule has 1 aromatic heterocycles. The summed E-state index contributed by atoms with van der Waals surface area (Å²) < 4.78 is 0. The van der Waals surface area contributed by atoms with Gasteiger partial charge in [-0.05, 0) is 6.92 Å². The topological polar surface area (TPSA) is 70.9 Å². The van der Waals surface area contributed by atoms with Crippen LogP contribution in [0, 0.1) is 6.92 Å². The number of aromatic nitrogens is 3. The summed E-state index contributed by atoms with van der Waals surface area (Å²) in [4.78, 5) is 11.0. The van der Waals surface area contributed by atoms with Crippen LogP contribution >= 0.6 is 0 Å². The number of nitrogens with one attached hydrogen (secondary N) is 1. The Morgan fingerprint density at radius 1 is 1.56 bits per heavy atom. The van der Waals surface area contributed by atoms with Crippen LogP contribution in [-0.2, 0) is 0 Å². The van der Waals surface area contributed by atoms with Gasteiger partial charge < -0.3 is 0 Å². The zero-order chi connectivity index (χ0) is 6.69. The van der Waals surface area contributed by atoms with Gasteiger partial charge in [0.1, 0.15) is 12.2 Å². The van der Waals surface area contributed by atoms with Crippen LogP contribution in [0.1, 0.15) is 5.82 Å². The lowest BCUT2D eigenvalue weighted by molar-refractivity contribution is 0.382. The molecule has 1 aromatic rings. The highest BCUT2D eigenvalue weighted by atomic mass is 16.5. The second-order valence-corrected chi connectivity index (χ2v) is 1.47. The van der Waals surface area contributed by atoms with E-state index in [1.165, 1.54) is 6.33 Å². The van der Waals surface area contributed by atoms with Crippen LogP contribution in [0.2, 0.25) is 0 Å². The average molecular weight is 126 g/mol. The zero-order valence-electron chi connectivity index (χ0n) is 4.87. The van der Waals surface area contributed by atoms with Gasteiger partial charge in [0, 0.05) is 0 Å². The molecule has 0 aliphatic carbocycles. The Bertz CT molecular complexity index is 202. The van der Waals surface area contributed by atoms with Gasteiger partial charge in [-0.25, -0.2) is 10.5 Å². The largest absolute Gasteiger partial charge is 0.288 e. The molecule has 0 amide bonds. The average Bonchev–Trinajstić information content (AvgIpc) is 1.88. The molecule has 0 aliphatic heterocycles. The number of rotatable bonds is 1. The standard InChI is InChI=1S/C4H6N4O/c1-3-5-2-6-4(7-3)8-9/h2,9H,1H3,(H,5,6,7,8). The first kappa shape index (κ1) is 5.90. The molecule has 0 atom stereocenters. The highest BCUT2D eigenvalue weighted by Crippen LogP contribution is 1.91. The number of hydrogen-bond acceptors (Lipinski definition) is 5. The summed E-state index contributed by atoms with van der Waals surface area (Å²) in [6, 6.07) is 0. The molecular formula is C4H6N4O. The van der Waals surface area contributed by atoms with Crippen LogP contribution in [0.3, 0.4) is 0 Å². The molecule has 0 aliphatic rings. The van der Waals surface area contributed by atoms with E-state index in [4.69, 9.17) is 5.21 Å². The normalized spacial score (nSPS) is 9.11. The van der Waals surface area contributed by atoms with Crippen molar-refractivity contribution in [2.75, 3.05) is 5.48 Å². The molecule has 1 rings (SSSR count). The van der Waals surface area contributed by atoms with Gasteiger partial charge in [0.25, 0.3) is 0 Å². The van der Waals surface area contributed by atoms with Gasteiger partial charge in [-0.3, -0.25) is 5.21 Å². The van der Waals surface area contributed by atoms with Gasteiger partial charge in [0.2, 0.25) is 5.95 Å². The fraction of sp³-hybridized carbons (Fsp3) is 0.250. The molecule has 0 saturated heterocycles. The van der Waals surface area contributed by atoms with E-state index >= 15 is 0 Å². The van der Waals surface area contributed by atoms with Gasteiger partial charge >= 0.3 is 0 Å². The van der Waals surface area contributed by atoms with E-state index in [0.29, 0.717) is 5.82 Å². The van der Waals surface area contributed by atoms with Crippen LogP contribution < -0.4 is 5.48 Å². The van der Waals surface area contributed by atoms with Crippen LogP contribution in [0.15, 0.2) is 6.33 Å².